The van der Waals surface area contributed by atoms with Crippen LogP contribution in [-0.2, 0) is 19.0 Å². The first-order valence-corrected chi connectivity index (χ1v) is 5.74. The summed E-state index contributed by atoms with van der Waals surface area (Å²) in [5.74, 6) is -2.08. The van der Waals surface area contributed by atoms with Crippen molar-refractivity contribution in [3.05, 3.63) is 0 Å². The first-order chi connectivity index (χ1) is 7.93. The van der Waals surface area contributed by atoms with E-state index in [1.54, 1.807) is 6.92 Å². The number of hydrogen-bond donors (Lipinski definition) is 2. The van der Waals surface area contributed by atoms with Crippen LogP contribution in [0.25, 0.3) is 0 Å². The average Bonchev–Trinajstić information content (AvgIpc) is 2.61. The molecule has 0 saturated carbocycles. The van der Waals surface area contributed by atoms with Gasteiger partial charge in [-0.2, -0.15) is 0 Å². The number of rotatable bonds is 6. The van der Waals surface area contributed by atoms with Crippen LogP contribution in [0.1, 0.15) is 26.7 Å². The van der Waals surface area contributed by atoms with Gasteiger partial charge in [0.2, 0.25) is 0 Å². The van der Waals surface area contributed by atoms with Gasteiger partial charge in [-0.3, -0.25) is 4.79 Å². The highest BCUT2D eigenvalue weighted by Crippen LogP contribution is 2.18. The lowest BCUT2D eigenvalue weighted by molar-refractivity contribution is -0.213. The minimum atomic E-state index is -1.57. The highest BCUT2D eigenvalue weighted by Gasteiger charge is 2.30. The van der Waals surface area contributed by atoms with E-state index in [0.717, 1.165) is 0 Å². The molecule has 0 spiro atoms. The maximum atomic E-state index is 11.2. The predicted octanol–water partition coefficient (Wildman–Crippen LogP) is -0.186. The Bertz CT molecular complexity index is 252. The average molecular weight is 248 g/mol. The van der Waals surface area contributed by atoms with E-state index in [4.69, 9.17) is 14.2 Å². The van der Waals surface area contributed by atoms with E-state index in [1.165, 1.54) is 6.92 Å². The van der Waals surface area contributed by atoms with Crippen molar-refractivity contribution in [3.8, 4) is 0 Å². The number of hydrogen-bond acceptors (Lipinski definition) is 6. The molecule has 6 nitrogen and oxygen atoms in total. The Hall–Kier alpha value is -0.690. The van der Waals surface area contributed by atoms with E-state index in [9.17, 15) is 15.0 Å². The fourth-order valence-corrected chi connectivity index (χ4v) is 1.61. The summed E-state index contributed by atoms with van der Waals surface area (Å²) in [5.41, 5.74) is 0. The number of carbonyl (C=O) groups excluding carboxylic acids is 1. The summed E-state index contributed by atoms with van der Waals surface area (Å²) in [6.07, 6.45) is -0.455. The summed E-state index contributed by atoms with van der Waals surface area (Å²) in [6.45, 7) is 3.79. The molecular formula is C11H20O6. The number of aliphatic hydroxyl groups excluding tert-OH is 1. The van der Waals surface area contributed by atoms with Crippen LogP contribution in [0.3, 0.4) is 0 Å². The van der Waals surface area contributed by atoms with Gasteiger partial charge >= 0.3 is 5.97 Å². The van der Waals surface area contributed by atoms with E-state index >= 15 is 0 Å². The van der Waals surface area contributed by atoms with Crippen LogP contribution >= 0.6 is 0 Å². The SMILES string of the molecule is CCOC(=O)C[C@](C)(O)OC[C@H]1C[C@H](O)CO1. The summed E-state index contributed by atoms with van der Waals surface area (Å²) in [5, 5.41) is 19.0. The van der Waals surface area contributed by atoms with Gasteiger partial charge in [-0.25, -0.2) is 0 Å². The number of esters is 1. The molecule has 0 aliphatic carbocycles. The Labute approximate surface area is 100 Å². The quantitative estimate of drug-likeness (QED) is 0.501. The van der Waals surface area contributed by atoms with Crippen molar-refractivity contribution in [3.63, 3.8) is 0 Å². The molecule has 1 saturated heterocycles. The molecule has 3 atom stereocenters. The molecule has 1 heterocycles. The Morgan fingerprint density at radius 3 is 2.82 bits per heavy atom. The van der Waals surface area contributed by atoms with Gasteiger partial charge < -0.3 is 24.4 Å². The number of carbonyl (C=O) groups is 1. The molecule has 6 heteroatoms. The van der Waals surface area contributed by atoms with Gasteiger partial charge in [0.1, 0.15) is 0 Å². The Morgan fingerprint density at radius 1 is 1.59 bits per heavy atom. The molecule has 1 aliphatic rings. The lowest BCUT2D eigenvalue weighted by Crippen LogP contribution is -2.35. The molecule has 0 aromatic heterocycles. The third-order valence-corrected chi connectivity index (χ3v) is 2.42. The second-order valence-electron chi connectivity index (χ2n) is 4.31. The molecule has 0 radical (unpaired) electrons. The van der Waals surface area contributed by atoms with Gasteiger partial charge in [0.05, 0.1) is 38.4 Å². The first-order valence-electron chi connectivity index (χ1n) is 5.74. The molecule has 0 aromatic carbocycles. The molecule has 1 fully saturated rings. The topological polar surface area (TPSA) is 85.2 Å². The fourth-order valence-electron chi connectivity index (χ4n) is 1.61. The van der Waals surface area contributed by atoms with Crippen LogP contribution in [0.4, 0.5) is 0 Å². The van der Waals surface area contributed by atoms with Gasteiger partial charge in [0.25, 0.3) is 0 Å². The fraction of sp³-hybridized carbons (Fsp3) is 0.909. The molecule has 0 amide bonds. The molecule has 17 heavy (non-hydrogen) atoms. The Kier molecular flexibility index (Phi) is 5.32. The van der Waals surface area contributed by atoms with Crippen LogP contribution in [0.5, 0.6) is 0 Å². The Balaban J connectivity index is 2.26. The van der Waals surface area contributed by atoms with Crippen molar-refractivity contribution in [2.24, 2.45) is 0 Å². The van der Waals surface area contributed by atoms with Gasteiger partial charge in [0, 0.05) is 6.42 Å². The van der Waals surface area contributed by atoms with Crippen molar-refractivity contribution < 1.29 is 29.2 Å². The molecule has 0 bridgehead atoms. The molecule has 100 valence electrons. The lowest BCUT2D eigenvalue weighted by atomic mass is 10.2. The molecule has 1 aliphatic heterocycles. The summed E-state index contributed by atoms with van der Waals surface area (Å²) >= 11 is 0. The van der Waals surface area contributed by atoms with Crippen molar-refractivity contribution >= 4 is 5.97 Å². The smallest absolute Gasteiger partial charge is 0.311 e. The Morgan fingerprint density at radius 2 is 2.29 bits per heavy atom. The van der Waals surface area contributed by atoms with Crippen LogP contribution < -0.4 is 0 Å². The van der Waals surface area contributed by atoms with Crippen molar-refractivity contribution in [1.82, 2.24) is 0 Å². The van der Waals surface area contributed by atoms with Crippen LogP contribution in [0, 0.1) is 0 Å². The summed E-state index contributed by atoms with van der Waals surface area (Å²) in [7, 11) is 0. The standard InChI is InChI=1S/C11H20O6/c1-3-15-10(13)5-11(2,14)17-7-9-4-8(12)6-16-9/h8-9,12,14H,3-7H2,1-2H3/t8-,9+,11+/m0/s1. The van der Waals surface area contributed by atoms with Crippen LogP contribution in [0.2, 0.25) is 0 Å². The van der Waals surface area contributed by atoms with E-state index in [2.05, 4.69) is 0 Å². The third-order valence-electron chi connectivity index (χ3n) is 2.42. The maximum absolute atomic E-state index is 11.2. The van der Waals surface area contributed by atoms with E-state index in [0.29, 0.717) is 6.42 Å². The molecular weight excluding hydrogens is 228 g/mol. The molecule has 1 rings (SSSR count). The van der Waals surface area contributed by atoms with Crippen molar-refractivity contribution in [1.29, 1.82) is 0 Å². The number of ether oxygens (including phenoxy) is 3. The first kappa shape index (κ1) is 14.4. The monoisotopic (exact) mass is 248 g/mol. The zero-order chi connectivity index (χ0) is 12.9. The summed E-state index contributed by atoms with van der Waals surface area (Å²) in [4.78, 5) is 11.2. The minimum absolute atomic E-state index is 0.142. The second kappa shape index (κ2) is 6.30. The van der Waals surface area contributed by atoms with Gasteiger partial charge in [-0.1, -0.05) is 0 Å². The van der Waals surface area contributed by atoms with Crippen LogP contribution in [0.15, 0.2) is 0 Å². The normalized spacial score (nSPS) is 27.8. The van der Waals surface area contributed by atoms with Crippen molar-refractivity contribution in [2.75, 3.05) is 19.8 Å². The predicted molar refractivity (Wildman–Crippen MR) is 58.2 cm³/mol. The van der Waals surface area contributed by atoms with Gasteiger partial charge in [-0.05, 0) is 13.8 Å². The molecule has 0 unspecified atom stereocenters. The highest BCUT2D eigenvalue weighted by atomic mass is 16.6. The number of aliphatic hydroxyl groups is 2. The van der Waals surface area contributed by atoms with Crippen molar-refractivity contribution in [2.45, 2.75) is 44.7 Å². The zero-order valence-corrected chi connectivity index (χ0v) is 10.2. The van der Waals surface area contributed by atoms with E-state index in [1.807, 2.05) is 0 Å². The maximum Gasteiger partial charge on any atom is 0.311 e. The highest BCUT2D eigenvalue weighted by molar-refractivity contribution is 5.70. The zero-order valence-electron chi connectivity index (χ0n) is 10.2. The van der Waals surface area contributed by atoms with E-state index < -0.39 is 17.9 Å². The lowest BCUT2D eigenvalue weighted by Gasteiger charge is -2.24. The molecule has 0 aromatic rings. The van der Waals surface area contributed by atoms with Gasteiger partial charge in [0.15, 0.2) is 5.79 Å². The largest absolute Gasteiger partial charge is 0.466 e. The van der Waals surface area contributed by atoms with E-state index in [-0.39, 0.29) is 32.3 Å². The summed E-state index contributed by atoms with van der Waals surface area (Å²) < 4.78 is 15.1. The molecule has 2 N–H and O–H groups in total. The van der Waals surface area contributed by atoms with Crippen LogP contribution in [-0.4, -0.2) is 54.0 Å². The minimum Gasteiger partial charge on any atom is -0.466 e. The van der Waals surface area contributed by atoms with Gasteiger partial charge in [-0.15, -0.1) is 0 Å². The summed E-state index contributed by atoms with van der Waals surface area (Å²) in [6, 6.07) is 0. The second-order valence-corrected chi connectivity index (χ2v) is 4.31. The third kappa shape index (κ3) is 5.45.